The fraction of sp³-hybridized carbons (Fsp3) is 0.444. The van der Waals surface area contributed by atoms with Crippen LogP contribution < -0.4 is 0 Å². The van der Waals surface area contributed by atoms with Crippen LogP contribution in [0, 0.1) is 0 Å². The number of carbonyl (C=O) groups is 2. The van der Waals surface area contributed by atoms with E-state index >= 15 is 0 Å². The fourth-order valence-corrected chi connectivity index (χ4v) is 1.62. The van der Waals surface area contributed by atoms with Gasteiger partial charge in [-0.05, 0) is 25.7 Å². The molecule has 0 spiro atoms. The van der Waals surface area contributed by atoms with Gasteiger partial charge >= 0.3 is 11.9 Å². The number of ether oxygens (including phenoxy) is 3. The molecule has 23 heavy (non-hydrogen) atoms. The number of rotatable bonds is 14. The zero-order valence-corrected chi connectivity index (χ0v) is 13.7. The summed E-state index contributed by atoms with van der Waals surface area (Å²) in [5, 5.41) is 0. The number of carbonyl (C=O) groups excluding carboxylic acids is 2. The highest BCUT2D eigenvalue weighted by molar-refractivity contribution is 5.81. The first-order valence-corrected chi connectivity index (χ1v) is 7.61. The Hall–Kier alpha value is -2.30. The third-order valence-corrected chi connectivity index (χ3v) is 2.81. The topological polar surface area (TPSA) is 61.8 Å². The number of unbranched alkanes of at least 4 members (excludes halogenated alkanes) is 2. The first kappa shape index (κ1) is 20.7. The summed E-state index contributed by atoms with van der Waals surface area (Å²) in [4.78, 5) is 21.7. The van der Waals surface area contributed by atoms with Gasteiger partial charge in [0.1, 0.15) is 0 Å². The number of esters is 2. The van der Waals surface area contributed by atoms with Crippen molar-refractivity contribution in [2.24, 2.45) is 0 Å². The molecule has 0 rings (SSSR count). The van der Waals surface area contributed by atoms with Gasteiger partial charge in [-0.3, -0.25) is 0 Å². The summed E-state index contributed by atoms with van der Waals surface area (Å²) >= 11 is 0. The lowest BCUT2D eigenvalue weighted by molar-refractivity contribution is -0.138. The molecule has 0 N–H and O–H groups in total. The van der Waals surface area contributed by atoms with Gasteiger partial charge in [0.25, 0.3) is 0 Å². The van der Waals surface area contributed by atoms with Crippen molar-refractivity contribution < 1.29 is 23.8 Å². The Kier molecular flexibility index (Phi) is 12.0. The zero-order chi connectivity index (χ0) is 17.5. The molecule has 128 valence electrons. The van der Waals surface area contributed by atoms with Crippen molar-refractivity contribution in [1.29, 1.82) is 0 Å². The van der Waals surface area contributed by atoms with Crippen LogP contribution in [-0.4, -0.2) is 25.2 Å². The summed E-state index contributed by atoms with van der Waals surface area (Å²) in [6.45, 7) is 15.0. The van der Waals surface area contributed by atoms with Gasteiger partial charge in [0.05, 0.1) is 24.7 Å². The van der Waals surface area contributed by atoms with Crippen LogP contribution in [0.3, 0.4) is 0 Å². The summed E-state index contributed by atoms with van der Waals surface area (Å²) < 4.78 is 15.2. The van der Waals surface area contributed by atoms with Crippen molar-refractivity contribution in [3.05, 3.63) is 50.0 Å². The third kappa shape index (κ3) is 13.1. The van der Waals surface area contributed by atoms with Crippen LogP contribution >= 0.6 is 0 Å². The predicted molar refractivity (Wildman–Crippen MR) is 89.4 cm³/mol. The molecule has 5 heteroatoms. The van der Waals surface area contributed by atoms with Crippen LogP contribution in [0.15, 0.2) is 50.0 Å². The highest BCUT2D eigenvalue weighted by Crippen LogP contribution is 2.15. The Labute approximate surface area is 138 Å². The molecule has 5 nitrogen and oxygen atoms in total. The molecule has 0 aliphatic rings. The van der Waals surface area contributed by atoms with E-state index in [2.05, 4.69) is 26.3 Å². The molecule has 0 aliphatic carbocycles. The molecule has 0 atom stereocenters. The molecule has 0 aliphatic heterocycles. The normalized spacial score (nSPS) is 9.57. The van der Waals surface area contributed by atoms with E-state index in [-0.39, 0.29) is 0 Å². The fourth-order valence-electron chi connectivity index (χ4n) is 1.62. The number of hydrogen-bond donors (Lipinski definition) is 0. The molecule has 0 saturated heterocycles. The van der Waals surface area contributed by atoms with Gasteiger partial charge in [0.15, 0.2) is 0 Å². The van der Waals surface area contributed by atoms with Crippen LogP contribution in [0.2, 0.25) is 0 Å². The van der Waals surface area contributed by atoms with Crippen molar-refractivity contribution in [2.75, 3.05) is 13.2 Å². The van der Waals surface area contributed by atoms with Gasteiger partial charge in [0, 0.05) is 25.0 Å². The maximum absolute atomic E-state index is 10.8. The second-order valence-electron chi connectivity index (χ2n) is 4.84. The highest BCUT2D eigenvalue weighted by Gasteiger charge is 2.02. The molecule has 0 bridgehead atoms. The minimum Gasteiger partial charge on any atom is -0.467 e. The first-order valence-electron chi connectivity index (χ1n) is 7.61. The van der Waals surface area contributed by atoms with Crippen LogP contribution in [-0.2, 0) is 23.8 Å². The Bertz CT molecular complexity index is 397. The van der Waals surface area contributed by atoms with Gasteiger partial charge < -0.3 is 14.2 Å². The summed E-state index contributed by atoms with van der Waals surface area (Å²) in [5.74, 6) is 0.464. The second kappa shape index (κ2) is 13.4. The average Bonchev–Trinajstić information content (AvgIpc) is 2.53. The number of allylic oxidation sites excluding steroid dienone is 2. The van der Waals surface area contributed by atoms with Crippen molar-refractivity contribution in [3.8, 4) is 0 Å². The predicted octanol–water partition coefficient (Wildman–Crippen LogP) is 3.83. The largest absolute Gasteiger partial charge is 0.467 e. The summed E-state index contributed by atoms with van der Waals surface area (Å²) in [6, 6.07) is 0. The van der Waals surface area contributed by atoms with E-state index in [1.807, 2.05) is 0 Å². The SMILES string of the molecule is C=CC(=O)OCCCCC(=C)OC(=C)CCCCOC(=O)C=C. The van der Waals surface area contributed by atoms with E-state index in [1.165, 1.54) is 0 Å². The van der Waals surface area contributed by atoms with E-state index in [0.717, 1.165) is 37.8 Å². The lowest BCUT2D eigenvalue weighted by Gasteiger charge is -2.11. The standard InChI is InChI=1S/C18H26O5/c1-5-17(19)21-13-9-7-11-15(3)23-16(4)12-8-10-14-22-18(20)6-2/h5-6H,1-4,7-14H2. The third-order valence-electron chi connectivity index (χ3n) is 2.81. The first-order chi connectivity index (χ1) is 11.0. The number of hydrogen-bond acceptors (Lipinski definition) is 5. The monoisotopic (exact) mass is 322 g/mol. The van der Waals surface area contributed by atoms with E-state index < -0.39 is 11.9 Å². The van der Waals surface area contributed by atoms with E-state index in [4.69, 9.17) is 14.2 Å². The lowest BCUT2D eigenvalue weighted by Crippen LogP contribution is -2.02. The molecule has 0 aromatic rings. The van der Waals surface area contributed by atoms with Gasteiger partial charge in [-0.2, -0.15) is 0 Å². The summed E-state index contributed by atoms with van der Waals surface area (Å²) in [5.41, 5.74) is 0. The van der Waals surface area contributed by atoms with Crippen LogP contribution in [0.5, 0.6) is 0 Å². The van der Waals surface area contributed by atoms with Crippen molar-refractivity contribution in [3.63, 3.8) is 0 Å². The molecule has 0 heterocycles. The van der Waals surface area contributed by atoms with E-state index in [1.54, 1.807) is 0 Å². The summed E-state index contributed by atoms with van der Waals surface area (Å²) in [7, 11) is 0. The minimum atomic E-state index is -0.410. The molecule has 0 aromatic heterocycles. The smallest absolute Gasteiger partial charge is 0.330 e. The molecular weight excluding hydrogens is 296 g/mol. The molecule has 0 amide bonds. The van der Waals surface area contributed by atoms with Gasteiger partial charge in [0.2, 0.25) is 0 Å². The quantitative estimate of drug-likeness (QED) is 0.210. The Morgan fingerprint density at radius 2 is 1.13 bits per heavy atom. The maximum Gasteiger partial charge on any atom is 0.330 e. The Morgan fingerprint density at radius 1 is 0.739 bits per heavy atom. The van der Waals surface area contributed by atoms with Crippen molar-refractivity contribution >= 4 is 11.9 Å². The molecular formula is C18H26O5. The molecule has 0 radical (unpaired) electrons. The van der Waals surface area contributed by atoms with Crippen molar-refractivity contribution in [2.45, 2.75) is 38.5 Å². The minimum absolute atomic E-state index is 0.364. The van der Waals surface area contributed by atoms with E-state index in [9.17, 15) is 9.59 Å². The van der Waals surface area contributed by atoms with Crippen molar-refractivity contribution in [1.82, 2.24) is 0 Å². The Balaban J connectivity index is 3.56. The highest BCUT2D eigenvalue weighted by atomic mass is 16.5. The molecule has 0 fully saturated rings. The molecule has 0 aromatic carbocycles. The van der Waals surface area contributed by atoms with E-state index in [0.29, 0.717) is 37.6 Å². The van der Waals surface area contributed by atoms with Crippen LogP contribution in [0.25, 0.3) is 0 Å². The second-order valence-corrected chi connectivity index (χ2v) is 4.84. The van der Waals surface area contributed by atoms with Gasteiger partial charge in [-0.25, -0.2) is 9.59 Å². The Morgan fingerprint density at radius 3 is 1.48 bits per heavy atom. The van der Waals surface area contributed by atoms with Gasteiger partial charge in [-0.1, -0.05) is 26.3 Å². The summed E-state index contributed by atoms with van der Waals surface area (Å²) in [6.07, 6.45) is 6.76. The van der Waals surface area contributed by atoms with Crippen LogP contribution in [0.1, 0.15) is 38.5 Å². The lowest BCUT2D eigenvalue weighted by atomic mass is 10.2. The average molecular weight is 322 g/mol. The zero-order valence-electron chi connectivity index (χ0n) is 13.7. The van der Waals surface area contributed by atoms with Gasteiger partial charge in [-0.15, -0.1) is 0 Å². The molecule has 0 unspecified atom stereocenters. The van der Waals surface area contributed by atoms with Crippen LogP contribution in [0.4, 0.5) is 0 Å². The molecule has 0 saturated carbocycles. The maximum atomic E-state index is 10.8.